The van der Waals surface area contributed by atoms with E-state index >= 15 is 0 Å². The molecule has 1 N–H and O–H groups in total. The molecule has 2 aromatic rings. The average molecular weight is 299 g/mol. The molecular weight excluding hydrogens is 285 g/mol. The summed E-state index contributed by atoms with van der Waals surface area (Å²) < 4.78 is 15.0. The molecule has 0 saturated carbocycles. The zero-order valence-electron chi connectivity index (χ0n) is 11.9. The number of hydrogen-bond acceptors (Lipinski definition) is 3. The summed E-state index contributed by atoms with van der Waals surface area (Å²) in [6, 6.07) is 5.83. The zero-order chi connectivity index (χ0) is 15.5. The molecule has 0 radical (unpaired) electrons. The molecule has 1 aromatic carbocycles. The van der Waals surface area contributed by atoms with Crippen molar-refractivity contribution in [2.45, 2.75) is 0 Å². The summed E-state index contributed by atoms with van der Waals surface area (Å²) in [7, 11) is 1.74. The van der Waals surface area contributed by atoms with Gasteiger partial charge in [-0.05, 0) is 18.2 Å². The van der Waals surface area contributed by atoms with Crippen LogP contribution in [0.2, 0.25) is 0 Å². The molecule has 1 aliphatic rings. The second-order valence-corrected chi connectivity index (χ2v) is 4.76. The molecule has 0 unspecified atom stereocenters. The van der Waals surface area contributed by atoms with Gasteiger partial charge in [-0.1, -0.05) is 12.1 Å². The van der Waals surface area contributed by atoms with E-state index in [4.69, 9.17) is 0 Å². The first-order chi connectivity index (χ1) is 10.6. The van der Waals surface area contributed by atoms with Gasteiger partial charge < -0.3 is 5.32 Å². The molecule has 3 rings (SSSR count). The minimum atomic E-state index is -0.343. The number of aliphatic imine (C=N–C) groups is 1. The highest BCUT2D eigenvalue weighted by Crippen LogP contribution is 2.28. The third kappa shape index (κ3) is 2.73. The second kappa shape index (κ2) is 5.80. The van der Waals surface area contributed by atoms with Crippen molar-refractivity contribution in [2.24, 2.45) is 12.0 Å². The van der Waals surface area contributed by atoms with Crippen molar-refractivity contribution in [3.8, 4) is 11.3 Å². The van der Waals surface area contributed by atoms with Crippen LogP contribution in [0, 0.1) is 5.82 Å². The Bertz CT molecular complexity index is 765. The molecule has 0 aliphatic carbocycles. The van der Waals surface area contributed by atoms with Gasteiger partial charge in [0.25, 0.3) is 0 Å². The van der Waals surface area contributed by atoms with Crippen LogP contribution >= 0.6 is 0 Å². The highest BCUT2D eigenvalue weighted by atomic mass is 19.1. The third-order valence-corrected chi connectivity index (χ3v) is 3.23. The van der Waals surface area contributed by atoms with Crippen molar-refractivity contribution >= 4 is 17.9 Å². The molecular formula is C15H14FN5O. The van der Waals surface area contributed by atoms with Gasteiger partial charge in [0, 0.05) is 25.0 Å². The molecule has 112 valence electrons. The fourth-order valence-corrected chi connectivity index (χ4v) is 2.21. The Morgan fingerprint density at radius 2 is 2.27 bits per heavy atom. The SMILES string of the molecule is Cn1ncc(NC(=O)N2C=CC=NC2)c1-c1cccc(F)c1. The number of benzene rings is 1. The predicted octanol–water partition coefficient (Wildman–Crippen LogP) is 2.62. The summed E-state index contributed by atoms with van der Waals surface area (Å²) in [6.07, 6.45) is 6.49. The summed E-state index contributed by atoms with van der Waals surface area (Å²) in [5.74, 6) is -0.343. The van der Waals surface area contributed by atoms with Crippen LogP contribution in [0.4, 0.5) is 14.9 Å². The molecule has 0 spiro atoms. The average Bonchev–Trinajstić information content (AvgIpc) is 2.89. The van der Waals surface area contributed by atoms with Crippen LogP contribution < -0.4 is 5.32 Å². The summed E-state index contributed by atoms with van der Waals surface area (Å²) in [6.45, 7) is 0.262. The maximum absolute atomic E-state index is 13.4. The normalized spacial score (nSPS) is 13.5. The lowest BCUT2D eigenvalue weighted by atomic mass is 10.1. The topological polar surface area (TPSA) is 62.5 Å². The molecule has 7 heteroatoms. The van der Waals surface area contributed by atoms with E-state index in [2.05, 4.69) is 15.4 Å². The second-order valence-electron chi connectivity index (χ2n) is 4.76. The molecule has 1 aromatic heterocycles. The standard InChI is InChI=1S/C15H14FN5O/c1-20-14(11-4-2-5-12(16)8-11)13(9-18-20)19-15(22)21-7-3-6-17-10-21/h2-9H,10H2,1H3,(H,19,22). The Balaban J connectivity index is 1.88. The Morgan fingerprint density at radius 1 is 1.41 bits per heavy atom. The number of carbonyl (C=O) groups excluding carboxylic acids is 1. The van der Waals surface area contributed by atoms with Gasteiger partial charge in [0.15, 0.2) is 0 Å². The van der Waals surface area contributed by atoms with E-state index in [9.17, 15) is 9.18 Å². The van der Waals surface area contributed by atoms with Crippen LogP contribution in [0.25, 0.3) is 11.3 Å². The number of amides is 2. The molecule has 0 bridgehead atoms. The van der Waals surface area contributed by atoms with Crippen molar-refractivity contribution in [3.63, 3.8) is 0 Å². The molecule has 6 nitrogen and oxygen atoms in total. The van der Waals surface area contributed by atoms with E-state index < -0.39 is 0 Å². The number of hydrogen-bond donors (Lipinski definition) is 1. The number of allylic oxidation sites excluding steroid dienone is 1. The molecule has 0 fully saturated rings. The minimum Gasteiger partial charge on any atom is -0.304 e. The van der Waals surface area contributed by atoms with E-state index in [1.807, 2.05) is 0 Å². The number of rotatable bonds is 2. The number of nitrogens with zero attached hydrogens (tertiary/aromatic N) is 4. The first kappa shape index (κ1) is 14.0. The number of anilines is 1. The highest BCUT2D eigenvalue weighted by Gasteiger charge is 2.17. The number of nitrogens with one attached hydrogen (secondary N) is 1. The van der Waals surface area contributed by atoms with E-state index in [1.54, 1.807) is 42.4 Å². The summed E-state index contributed by atoms with van der Waals surface area (Å²) in [5, 5.41) is 6.91. The smallest absolute Gasteiger partial charge is 0.304 e. The molecule has 0 saturated heterocycles. The Labute approximate surface area is 126 Å². The van der Waals surface area contributed by atoms with Gasteiger partial charge in [-0.25, -0.2) is 9.18 Å². The van der Waals surface area contributed by atoms with Crippen LogP contribution in [0.3, 0.4) is 0 Å². The molecule has 22 heavy (non-hydrogen) atoms. The van der Waals surface area contributed by atoms with Gasteiger partial charge in [0.1, 0.15) is 12.5 Å². The summed E-state index contributed by atoms with van der Waals surface area (Å²) >= 11 is 0. The maximum atomic E-state index is 13.4. The number of urea groups is 1. The molecule has 2 amide bonds. The van der Waals surface area contributed by atoms with Gasteiger partial charge in [-0.15, -0.1) is 0 Å². The van der Waals surface area contributed by atoms with Crippen LogP contribution in [0.5, 0.6) is 0 Å². The largest absolute Gasteiger partial charge is 0.327 e. The number of halogens is 1. The Hall–Kier alpha value is -2.96. The highest BCUT2D eigenvalue weighted by molar-refractivity contribution is 5.94. The van der Waals surface area contributed by atoms with Crippen molar-refractivity contribution < 1.29 is 9.18 Å². The van der Waals surface area contributed by atoms with Gasteiger partial charge in [0.05, 0.1) is 17.6 Å². The lowest BCUT2D eigenvalue weighted by Gasteiger charge is -2.18. The van der Waals surface area contributed by atoms with Gasteiger partial charge in [0.2, 0.25) is 0 Å². The van der Waals surface area contributed by atoms with Crippen LogP contribution in [-0.2, 0) is 7.05 Å². The summed E-state index contributed by atoms with van der Waals surface area (Å²) in [4.78, 5) is 17.6. The van der Waals surface area contributed by atoms with E-state index in [-0.39, 0.29) is 18.5 Å². The van der Waals surface area contributed by atoms with Gasteiger partial charge >= 0.3 is 6.03 Å². The number of carbonyl (C=O) groups is 1. The molecule has 0 atom stereocenters. The van der Waals surface area contributed by atoms with Crippen LogP contribution in [-0.4, -0.2) is 33.6 Å². The molecule has 2 heterocycles. The zero-order valence-corrected chi connectivity index (χ0v) is 11.9. The first-order valence-electron chi connectivity index (χ1n) is 6.67. The third-order valence-electron chi connectivity index (χ3n) is 3.23. The first-order valence-corrected chi connectivity index (χ1v) is 6.67. The van der Waals surface area contributed by atoms with Crippen LogP contribution in [0.15, 0.2) is 47.7 Å². The lowest BCUT2D eigenvalue weighted by Crippen LogP contribution is -2.31. The maximum Gasteiger partial charge on any atom is 0.327 e. The van der Waals surface area contributed by atoms with Crippen molar-refractivity contribution in [1.82, 2.24) is 14.7 Å². The van der Waals surface area contributed by atoms with E-state index in [1.165, 1.54) is 23.2 Å². The number of aromatic nitrogens is 2. The number of aryl methyl sites for hydroxylation is 1. The van der Waals surface area contributed by atoms with E-state index in [0.29, 0.717) is 16.9 Å². The van der Waals surface area contributed by atoms with Crippen molar-refractivity contribution in [1.29, 1.82) is 0 Å². The van der Waals surface area contributed by atoms with E-state index in [0.717, 1.165) is 0 Å². The van der Waals surface area contributed by atoms with Crippen molar-refractivity contribution in [3.05, 3.63) is 48.6 Å². The van der Waals surface area contributed by atoms with Gasteiger partial charge in [-0.3, -0.25) is 14.6 Å². The predicted molar refractivity (Wildman–Crippen MR) is 82.0 cm³/mol. The summed E-state index contributed by atoms with van der Waals surface area (Å²) in [5.41, 5.74) is 1.79. The van der Waals surface area contributed by atoms with Crippen molar-refractivity contribution in [2.75, 3.05) is 12.0 Å². The Morgan fingerprint density at radius 3 is 3.00 bits per heavy atom. The fourth-order valence-electron chi connectivity index (χ4n) is 2.21. The quantitative estimate of drug-likeness (QED) is 0.926. The Kier molecular flexibility index (Phi) is 3.69. The van der Waals surface area contributed by atoms with Gasteiger partial charge in [-0.2, -0.15) is 5.10 Å². The monoisotopic (exact) mass is 299 g/mol. The lowest BCUT2D eigenvalue weighted by molar-refractivity contribution is 0.229. The molecule has 1 aliphatic heterocycles. The van der Waals surface area contributed by atoms with Crippen LogP contribution in [0.1, 0.15) is 0 Å². The fraction of sp³-hybridized carbons (Fsp3) is 0.133. The minimum absolute atomic E-state index is 0.262.